The Morgan fingerprint density at radius 2 is 2.06 bits per heavy atom. The first kappa shape index (κ1) is 11.9. The van der Waals surface area contributed by atoms with E-state index >= 15 is 0 Å². The lowest BCUT2D eigenvalue weighted by molar-refractivity contribution is 0.111. The molecule has 88 valence electrons. The van der Waals surface area contributed by atoms with E-state index in [0.29, 0.717) is 22.9 Å². The molecule has 3 heteroatoms. The fraction of sp³-hybridized carbons (Fsp3) is 0.538. The highest BCUT2D eigenvalue weighted by Gasteiger charge is 2.23. The number of aliphatic hydroxyl groups is 1. The summed E-state index contributed by atoms with van der Waals surface area (Å²) in [5.74, 6) is 0.0670. The molecule has 1 unspecified atom stereocenters. The van der Waals surface area contributed by atoms with E-state index in [2.05, 4.69) is 0 Å². The molecular weight excluding hydrogens is 227 g/mol. The summed E-state index contributed by atoms with van der Waals surface area (Å²) < 4.78 is 13.0. The summed E-state index contributed by atoms with van der Waals surface area (Å²) >= 11 is 5.97. The SMILES string of the molecule is OC(Cc1cc(F)ccc1Cl)C1CCCC1. The van der Waals surface area contributed by atoms with Crippen molar-refractivity contribution in [1.29, 1.82) is 0 Å². The van der Waals surface area contributed by atoms with Gasteiger partial charge in [0, 0.05) is 11.4 Å². The third-order valence-electron chi connectivity index (χ3n) is 3.38. The number of rotatable bonds is 3. The maximum atomic E-state index is 13.0. The Morgan fingerprint density at radius 1 is 1.38 bits per heavy atom. The van der Waals surface area contributed by atoms with Gasteiger partial charge >= 0.3 is 0 Å². The average molecular weight is 243 g/mol. The van der Waals surface area contributed by atoms with Gasteiger partial charge in [0.15, 0.2) is 0 Å². The van der Waals surface area contributed by atoms with Crippen LogP contribution >= 0.6 is 11.6 Å². The van der Waals surface area contributed by atoms with Gasteiger partial charge in [-0.05, 0) is 42.5 Å². The van der Waals surface area contributed by atoms with Crippen LogP contribution in [0.25, 0.3) is 0 Å². The standard InChI is InChI=1S/C13H16ClFO/c14-12-6-5-11(15)7-10(12)8-13(16)9-3-1-2-4-9/h5-7,9,13,16H,1-4,8H2. The van der Waals surface area contributed by atoms with Crippen molar-refractivity contribution in [1.82, 2.24) is 0 Å². The zero-order chi connectivity index (χ0) is 11.5. The topological polar surface area (TPSA) is 20.2 Å². The van der Waals surface area contributed by atoms with E-state index in [0.717, 1.165) is 12.8 Å². The Balaban J connectivity index is 2.04. The molecule has 0 saturated heterocycles. The molecule has 0 spiro atoms. The van der Waals surface area contributed by atoms with E-state index in [-0.39, 0.29) is 11.9 Å². The lowest BCUT2D eigenvalue weighted by Gasteiger charge is -2.18. The fourth-order valence-corrected chi connectivity index (χ4v) is 2.63. The van der Waals surface area contributed by atoms with E-state index in [1.165, 1.54) is 25.0 Å². The summed E-state index contributed by atoms with van der Waals surface area (Å²) in [6, 6.07) is 4.31. The zero-order valence-corrected chi connectivity index (χ0v) is 9.88. The molecule has 1 atom stereocenters. The first-order chi connectivity index (χ1) is 7.66. The summed E-state index contributed by atoms with van der Waals surface area (Å²) in [6.07, 6.45) is 4.61. The second kappa shape index (κ2) is 5.15. The second-order valence-corrected chi connectivity index (χ2v) is 4.96. The highest BCUT2D eigenvalue weighted by atomic mass is 35.5. The van der Waals surface area contributed by atoms with Crippen molar-refractivity contribution in [3.8, 4) is 0 Å². The Labute approximate surface area is 100 Å². The molecule has 1 aromatic rings. The first-order valence-electron chi connectivity index (χ1n) is 5.79. The van der Waals surface area contributed by atoms with Crippen molar-refractivity contribution in [2.45, 2.75) is 38.2 Å². The van der Waals surface area contributed by atoms with Crippen molar-refractivity contribution < 1.29 is 9.50 Å². The van der Waals surface area contributed by atoms with Gasteiger partial charge in [-0.1, -0.05) is 24.4 Å². The van der Waals surface area contributed by atoms with Crippen molar-refractivity contribution in [3.63, 3.8) is 0 Å². The van der Waals surface area contributed by atoms with E-state index in [1.54, 1.807) is 6.07 Å². The van der Waals surface area contributed by atoms with Gasteiger partial charge in [0.2, 0.25) is 0 Å². The largest absolute Gasteiger partial charge is 0.392 e. The van der Waals surface area contributed by atoms with Crippen LogP contribution in [0.4, 0.5) is 4.39 Å². The van der Waals surface area contributed by atoms with Gasteiger partial charge in [-0.25, -0.2) is 4.39 Å². The molecule has 1 N–H and O–H groups in total. The Hall–Kier alpha value is -0.600. The van der Waals surface area contributed by atoms with Crippen LogP contribution in [-0.2, 0) is 6.42 Å². The highest BCUT2D eigenvalue weighted by molar-refractivity contribution is 6.31. The fourth-order valence-electron chi connectivity index (χ4n) is 2.43. The summed E-state index contributed by atoms with van der Waals surface area (Å²) in [6.45, 7) is 0. The molecule has 1 aliphatic carbocycles. The second-order valence-electron chi connectivity index (χ2n) is 4.55. The predicted octanol–water partition coefficient (Wildman–Crippen LogP) is 3.57. The molecule has 1 aromatic carbocycles. The van der Waals surface area contributed by atoms with Crippen LogP contribution < -0.4 is 0 Å². The molecule has 0 heterocycles. The average Bonchev–Trinajstić information content (AvgIpc) is 2.76. The number of aliphatic hydroxyl groups excluding tert-OH is 1. The minimum atomic E-state index is -0.387. The van der Waals surface area contributed by atoms with Crippen molar-refractivity contribution in [2.75, 3.05) is 0 Å². The van der Waals surface area contributed by atoms with Crippen LogP contribution in [0.15, 0.2) is 18.2 Å². The van der Waals surface area contributed by atoms with Crippen LogP contribution in [0.2, 0.25) is 5.02 Å². The quantitative estimate of drug-likeness (QED) is 0.859. The van der Waals surface area contributed by atoms with E-state index in [4.69, 9.17) is 11.6 Å². The molecular formula is C13H16ClFO. The Morgan fingerprint density at radius 3 is 2.75 bits per heavy atom. The van der Waals surface area contributed by atoms with Crippen LogP contribution in [0.1, 0.15) is 31.2 Å². The maximum Gasteiger partial charge on any atom is 0.123 e. The van der Waals surface area contributed by atoms with Gasteiger partial charge in [0.05, 0.1) is 6.10 Å². The molecule has 2 rings (SSSR count). The number of benzene rings is 1. The van der Waals surface area contributed by atoms with Gasteiger partial charge in [0.25, 0.3) is 0 Å². The molecule has 1 fully saturated rings. The molecule has 1 nitrogen and oxygen atoms in total. The van der Waals surface area contributed by atoms with E-state index in [1.807, 2.05) is 0 Å². The number of halogens is 2. The van der Waals surface area contributed by atoms with Gasteiger partial charge in [-0.2, -0.15) is 0 Å². The van der Waals surface area contributed by atoms with Crippen molar-refractivity contribution >= 4 is 11.6 Å². The van der Waals surface area contributed by atoms with Crippen molar-refractivity contribution in [3.05, 3.63) is 34.6 Å². The van der Waals surface area contributed by atoms with Crippen molar-refractivity contribution in [2.24, 2.45) is 5.92 Å². The minimum absolute atomic E-state index is 0.293. The predicted molar refractivity (Wildman–Crippen MR) is 63.1 cm³/mol. The number of hydrogen-bond donors (Lipinski definition) is 1. The van der Waals surface area contributed by atoms with Crippen LogP contribution in [-0.4, -0.2) is 11.2 Å². The molecule has 0 amide bonds. The van der Waals surface area contributed by atoms with Crippen LogP contribution in [0, 0.1) is 11.7 Å². The lowest BCUT2D eigenvalue weighted by Crippen LogP contribution is -2.20. The van der Waals surface area contributed by atoms with Gasteiger partial charge < -0.3 is 5.11 Å². The third-order valence-corrected chi connectivity index (χ3v) is 3.75. The smallest absolute Gasteiger partial charge is 0.123 e. The monoisotopic (exact) mass is 242 g/mol. The molecule has 0 aliphatic heterocycles. The molecule has 0 bridgehead atoms. The Bertz CT molecular complexity index is 361. The maximum absolute atomic E-state index is 13.0. The normalized spacial score (nSPS) is 18.9. The molecule has 0 aromatic heterocycles. The zero-order valence-electron chi connectivity index (χ0n) is 9.13. The van der Waals surface area contributed by atoms with Gasteiger partial charge in [0.1, 0.15) is 5.82 Å². The third kappa shape index (κ3) is 2.74. The van der Waals surface area contributed by atoms with E-state index < -0.39 is 0 Å². The van der Waals surface area contributed by atoms with Gasteiger partial charge in [-0.15, -0.1) is 0 Å². The molecule has 0 radical (unpaired) electrons. The summed E-state index contributed by atoms with van der Waals surface area (Å²) in [5.41, 5.74) is 0.709. The van der Waals surface area contributed by atoms with Crippen LogP contribution in [0.3, 0.4) is 0 Å². The number of hydrogen-bond acceptors (Lipinski definition) is 1. The van der Waals surface area contributed by atoms with E-state index in [9.17, 15) is 9.50 Å². The highest BCUT2D eigenvalue weighted by Crippen LogP contribution is 2.30. The summed E-state index contributed by atoms with van der Waals surface area (Å²) in [7, 11) is 0. The molecule has 1 saturated carbocycles. The minimum Gasteiger partial charge on any atom is -0.392 e. The van der Waals surface area contributed by atoms with Gasteiger partial charge in [-0.3, -0.25) is 0 Å². The lowest BCUT2D eigenvalue weighted by atomic mass is 9.95. The Kier molecular flexibility index (Phi) is 3.82. The summed E-state index contributed by atoms with van der Waals surface area (Å²) in [5, 5.41) is 10.6. The van der Waals surface area contributed by atoms with Crippen LogP contribution in [0.5, 0.6) is 0 Å². The molecule has 16 heavy (non-hydrogen) atoms. The first-order valence-corrected chi connectivity index (χ1v) is 6.16. The summed E-state index contributed by atoms with van der Waals surface area (Å²) in [4.78, 5) is 0. The molecule has 1 aliphatic rings.